The highest BCUT2D eigenvalue weighted by molar-refractivity contribution is 7.07. The minimum absolute atomic E-state index is 0.0596. The number of thiazole rings is 1. The van der Waals surface area contributed by atoms with Gasteiger partial charge in [0, 0.05) is 38.9 Å². The lowest BCUT2D eigenvalue weighted by Gasteiger charge is -2.35. The molecule has 2 aromatic carbocycles. The largest absolute Gasteiger partial charge is 0.391 e. The van der Waals surface area contributed by atoms with Crippen LogP contribution in [-0.2, 0) is 38.6 Å². The second kappa shape index (κ2) is 20.4. The van der Waals surface area contributed by atoms with Gasteiger partial charge in [-0.25, -0.2) is 4.98 Å². The number of carbonyl (C=O) groups is 4. The van der Waals surface area contributed by atoms with Crippen LogP contribution < -0.4 is 16.0 Å². The van der Waals surface area contributed by atoms with E-state index in [4.69, 9.17) is 0 Å². The van der Waals surface area contributed by atoms with Crippen molar-refractivity contribution >= 4 is 35.0 Å². The van der Waals surface area contributed by atoms with Crippen molar-refractivity contribution in [3.63, 3.8) is 0 Å². The van der Waals surface area contributed by atoms with Crippen molar-refractivity contribution in [2.45, 2.75) is 108 Å². The normalized spacial score (nSPS) is 16.4. The number of benzene rings is 2. The number of aliphatic hydroxyl groups is 2. The summed E-state index contributed by atoms with van der Waals surface area (Å²) in [6, 6.07) is 17.3. The summed E-state index contributed by atoms with van der Waals surface area (Å²) in [6.07, 6.45) is 4.84. The number of nitrogens with zero attached hydrogens (tertiary/aromatic N) is 2. The van der Waals surface area contributed by atoms with Crippen LogP contribution in [-0.4, -0.2) is 81.6 Å². The highest BCUT2D eigenvalue weighted by Gasteiger charge is 2.38. The van der Waals surface area contributed by atoms with Gasteiger partial charge in [-0.1, -0.05) is 92.8 Å². The Morgan fingerprint density at radius 2 is 1.55 bits per heavy atom. The lowest BCUT2D eigenvalue weighted by atomic mass is 9.80. The van der Waals surface area contributed by atoms with E-state index in [9.17, 15) is 29.4 Å². The molecule has 4 amide bonds. The number of rotatable bonds is 19. The molecule has 11 nitrogen and oxygen atoms in total. The fourth-order valence-electron chi connectivity index (χ4n) is 7.19. The fraction of sp³-hybridized carbons (Fsp3) is 0.537. The average Bonchev–Trinajstić information content (AvgIpc) is 3.66. The van der Waals surface area contributed by atoms with Crippen LogP contribution in [0.2, 0.25) is 0 Å². The van der Waals surface area contributed by atoms with Gasteiger partial charge in [-0.2, -0.15) is 0 Å². The Hall–Kier alpha value is -4.13. The first-order valence-corrected chi connectivity index (χ1v) is 19.7. The summed E-state index contributed by atoms with van der Waals surface area (Å²) in [5, 5.41) is 32.9. The smallest absolute Gasteiger partial charge is 0.243 e. The van der Waals surface area contributed by atoms with E-state index in [1.807, 2.05) is 66.0 Å². The predicted octanol–water partition coefficient (Wildman–Crippen LogP) is 4.42. The summed E-state index contributed by atoms with van der Waals surface area (Å²) in [5.41, 5.74) is 2.74. The van der Waals surface area contributed by atoms with Crippen molar-refractivity contribution in [2.75, 3.05) is 14.1 Å². The number of hydrogen-bond acceptors (Lipinski definition) is 8. The van der Waals surface area contributed by atoms with Gasteiger partial charge < -0.3 is 31.1 Å². The summed E-state index contributed by atoms with van der Waals surface area (Å²) >= 11 is 1.38. The van der Waals surface area contributed by atoms with Crippen molar-refractivity contribution < 1.29 is 29.4 Å². The van der Waals surface area contributed by atoms with Gasteiger partial charge in [0.05, 0.1) is 40.8 Å². The molecule has 3 aromatic rings. The number of aliphatic hydroxyl groups excluding tert-OH is 1. The maximum atomic E-state index is 14.3. The first-order chi connectivity index (χ1) is 25.3. The Morgan fingerprint density at radius 3 is 2.13 bits per heavy atom. The van der Waals surface area contributed by atoms with E-state index in [0.717, 1.165) is 43.2 Å². The minimum Gasteiger partial charge on any atom is -0.391 e. The van der Waals surface area contributed by atoms with Crippen molar-refractivity contribution in [3.8, 4) is 0 Å². The fourth-order valence-corrected chi connectivity index (χ4v) is 7.76. The molecule has 1 aromatic heterocycles. The number of hydrogen-bond donors (Lipinski definition) is 5. The molecule has 53 heavy (non-hydrogen) atoms. The Kier molecular flexibility index (Phi) is 16.0. The summed E-state index contributed by atoms with van der Waals surface area (Å²) in [4.78, 5) is 60.8. The molecular weight excluding hydrogens is 691 g/mol. The van der Waals surface area contributed by atoms with Gasteiger partial charge in [0.15, 0.2) is 0 Å². The monoisotopic (exact) mass is 747 g/mol. The van der Waals surface area contributed by atoms with E-state index in [0.29, 0.717) is 25.1 Å². The molecule has 4 rings (SSSR count). The Labute approximate surface area is 318 Å². The molecule has 1 aliphatic rings. The molecule has 5 atom stereocenters. The van der Waals surface area contributed by atoms with Crippen LogP contribution in [0.25, 0.3) is 0 Å². The lowest BCUT2D eigenvalue weighted by molar-refractivity contribution is -0.137. The molecule has 12 heteroatoms. The molecule has 0 radical (unpaired) electrons. The third-order valence-electron chi connectivity index (χ3n) is 10.3. The van der Waals surface area contributed by atoms with Gasteiger partial charge in [-0.15, -0.1) is 11.3 Å². The summed E-state index contributed by atoms with van der Waals surface area (Å²) in [6.45, 7) is 3.46. The van der Waals surface area contributed by atoms with E-state index in [2.05, 4.69) is 20.9 Å². The van der Waals surface area contributed by atoms with Gasteiger partial charge >= 0.3 is 0 Å². The molecule has 288 valence electrons. The minimum atomic E-state index is -1.41. The van der Waals surface area contributed by atoms with Crippen molar-refractivity contribution in [3.05, 3.63) is 88.4 Å². The maximum absolute atomic E-state index is 14.3. The Morgan fingerprint density at radius 1 is 0.906 bits per heavy atom. The molecule has 0 spiro atoms. The van der Waals surface area contributed by atoms with Gasteiger partial charge in [0.1, 0.15) is 6.04 Å². The zero-order valence-corrected chi connectivity index (χ0v) is 32.3. The van der Waals surface area contributed by atoms with Crippen molar-refractivity contribution in [2.24, 2.45) is 17.8 Å². The van der Waals surface area contributed by atoms with E-state index in [1.165, 1.54) is 32.2 Å². The van der Waals surface area contributed by atoms with E-state index >= 15 is 0 Å². The highest BCUT2D eigenvalue weighted by atomic mass is 32.1. The van der Waals surface area contributed by atoms with Gasteiger partial charge in [0.2, 0.25) is 23.6 Å². The summed E-state index contributed by atoms with van der Waals surface area (Å²) in [5.74, 6) is -2.94. The Bertz CT molecular complexity index is 1580. The summed E-state index contributed by atoms with van der Waals surface area (Å²) in [7, 11) is 3.20. The molecule has 1 saturated carbocycles. The maximum Gasteiger partial charge on any atom is 0.243 e. The van der Waals surface area contributed by atoms with Crippen LogP contribution >= 0.6 is 11.3 Å². The first-order valence-electron chi connectivity index (χ1n) is 18.8. The van der Waals surface area contributed by atoms with Crippen LogP contribution in [0.4, 0.5) is 0 Å². The molecule has 1 heterocycles. The average molecular weight is 748 g/mol. The van der Waals surface area contributed by atoms with Gasteiger partial charge in [0.25, 0.3) is 0 Å². The number of carbonyl (C=O) groups excluding carboxylic acids is 4. The first kappa shape index (κ1) is 41.6. The zero-order chi connectivity index (χ0) is 38.4. The molecular formula is C41H57N5O6S. The second-order valence-electron chi connectivity index (χ2n) is 15.0. The molecule has 0 bridgehead atoms. The van der Waals surface area contributed by atoms with Gasteiger partial charge in [-0.3, -0.25) is 19.2 Å². The lowest BCUT2D eigenvalue weighted by Crippen LogP contribution is -2.56. The predicted molar refractivity (Wildman–Crippen MR) is 207 cm³/mol. The number of amides is 4. The van der Waals surface area contributed by atoms with Crippen LogP contribution in [0.1, 0.15) is 82.0 Å². The van der Waals surface area contributed by atoms with Crippen LogP contribution in [0.5, 0.6) is 0 Å². The molecule has 5 N–H and O–H groups in total. The van der Waals surface area contributed by atoms with Crippen molar-refractivity contribution in [1.29, 1.82) is 0 Å². The van der Waals surface area contributed by atoms with Crippen LogP contribution in [0.3, 0.4) is 0 Å². The standard InChI is InChI=1S/C41H57N5O6S/c1-41(2,52)33(39(50)42-3)24-36(47)34(21-29-16-10-6-11-17-29)44-40(51)35(23-32-26-53-27-43-32)45-38(49)31(20-28-14-8-5-9-15-28)22-37(48)46(4)25-30-18-12-7-13-19-30/h5,7-9,12-15,18-19,26-27,29,31,33-36,47,52H,6,10-11,16-17,20-25H2,1-4H3,(H,42,50)(H,44,51)(H,45,49)/t31?,33-,34+,35+,36+/m1/s1. The van der Waals surface area contributed by atoms with Crippen LogP contribution in [0, 0.1) is 17.8 Å². The number of nitrogens with one attached hydrogen (secondary N) is 3. The quantitative estimate of drug-likeness (QED) is 0.121. The molecule has 1 fully saturated rings. The van der Waals surface area contributed by atoms with Crippen LogP contribution in [0.15, 0.2) is 71.6 Å². The van der Waals surface area contributed by atoms with Crippen molar-refractivity contribution in [1.82, 2.24) is 25.8 Å². The molecule has 1 aliphatic carbocycles. The summed E-state index contributed by atoms with van der Waals surface area (Å²) < 4.78 is 0. The molecule has 0 aliphatic heterocycles. The van der Waals surface area contributed by atoms with E-state index < -0.39 is 53.3 Å². The third-order valence-corrected chi connectivity index (χ3v) is 11.0. The molecule has 1 unspecified atom stereocenters. The van der Waals surface area contributed by atoms with E-state index in [-0.39, 0.29) is 31.1 Å². The second-order valence-corrected chi connectivity index (χ2v) is 15.8. The Balaban J connectivity index is 1.57. The number of aromatic nitrogens is 1. The SMILES string of the molecule is CNC(=O)[C@@H](C[C@H](O)[C@H](CC1CCCCC1)NC(=O)[C@H](Cc1cscn1)NC(=O)C(CC(=O)N(C)Cc1ccccc1)Cc1ccccc1)C(C)(C)O. The van der Waals surface area contributed by atoms with E-state index in [1.54, 1.807) is 17.5 Å². The third kappa shape index (κ3) is 13.3. The topological polar surface area (TPSA) is 161 Å². The highest BCUT2D eigenvalue weighted by Crippen LogP contribution is 2.30. The zero-order valence-electron chi connectivity index (χ0n) is 31.5. The van der Waals surface area contributed by atoms with Gasteiger partial charge in [-0.05, 0) is 50.2 Å². The molecule has 0 saturated heterocycles.